The first kappa shape index (κ1) is 20.9. The number of fused-ring (bicyclic) bond motifs is 1. The number of benzene rings is 3. The Balaban J connectivity index is 1.60. The number of hydrogen-bond donors (Lipinski definition) is 2. The van der Waals surface area contributed by atoms with Crippen molar-refractivity contribution in [2.24, 2.45) is 0 Å². The molecule has 6 heteroatoms. The fourth-order valence-electron chi connectivity index (χ4n) is 4.54. The van der Waals surface area contributed by atoms with E-state index in [2.05, 4.69) is 10.6 Å². The summed E-state index contributed by atoms with van der Waals surface area (Å²) in [5.41, 5.74) is 5.58. The van der Waals surface area contributed by atoms with Crippen molar-refractivity contribution in [3.05, 3.63) is 99.2 Å². The lowest BCUT2D eigenvalue weighted by molar-refractivity contribution is -0.116. The molecule has 0 saturated heterocycles. The number of allylic oxidation sites excluding steroid dienone is 1. The molecule has 0 aromatic heterocycles. The highest BCUT2D eigenvalue weighted by molar-refractivity contribution is 6.31. The summed E-state index contributed by atoms with van der Waals surface area (Å²) in [6, 6.07) is 21.0. The highest BCUT2D eigenvalue weighted by Gasteiger charge is 2.36. The second-order valence-corrected chi connectivity index (χ2v) is 9.01. The number of carbonyl (C=O) groups excluding carboxylic acids is 1. The fraction of sp³-hybridized carbons (Fsp3) is 0.192. The number of ether oxygens (including phenoxy) is 1. The Morgan fingerprint density at radius 1 is 0.844 bits per heavy atom. The van der Waals surface area contributed by atoms with Crippen LogP contribution in [0.5, 0.6) is 5.75 Å². The number of anilines is 2. The third-order valence-electron chi connectivity index (χ3n) is 6.15. The number of ketones is 1. The Bertz CT molecular complexity index is 1200. The molecular formula is C26H22Cl2N2O2. The van der Waals surface area contributed by atoms with Crippen LogP contribution in [0.2, 0.25) is 10.0 Å². The Hall–Kier alpha value is -2.95. The van der Waals surface area contributed by atoms with Gasteiger partial charge in [0, 0.05) is 27.7 Å². The van der Waals surface area contributed by atoms with E-state index in [1.807, 2.05) is 66.7 Å². The van der Waals surface area contributed by atoms with Gasteiger partial charge < -0.3 is 15.4 Å². The van der Waals surface area contributed by atoms with E-state index in [9.17, 15) is 4.79 Å². The minimum Gasteiger partial charge on any atom is -0.497 e. The maximum Gasteiger partial charge on any atom is 0.163 e. The molecule has 1 aliphatic heterocycles. The minimum atomic E-state index is -0.274. The van der Waals surface area contributed by atoms with Crippen LogP contribution in [0.3, 0.4) is 0 Å². The largest absolute Gasteiger partial charge is 0.497 e. The van der Waals surface area contributed by atoms with Crippen LogP contribution in [0.4, 0.5) is 11.4 Å². The molecule has 0 bridgehead atoms. The fourth-order valence-corrected chi connectivity index (χ4v) is 4.84. The monoisotopic (exact) mass is 464 g/mol. The molecule has 2 aliphatic rings. The Morgan fingerprint density at radius 3 is 2.25 bits per heavy atom. The number of halogens is 2. The van der Waals surface area contributed by atoms with Crippen LogP contribution in [0.25, 0.3) is 0 Å². The van der Waals surface area contributed by atoms with Crippen molar-refractivity contribution in [2.75, 3.05) is 17.7 Å². The lowest BCUT2D eigenvalue weighted by atomic mass is 9.78. The molecule has 1 aliphatic carbocycles. The van der Waals surface area contributed by atoms with E-state index < -0.39 is 0 Å². The summed E-state index contributed by atoms with van der Waals surface area (Å²) in [6.07, 6.45) is 1.18. The highest BCUT2D eigenvalue weighted by Crippen LogP contribution is 2.45. The van der Waals surface area contributed by atoms with Gasteiger partial charge in [-0.15, -0.1) is 0 Å². The van der Waals surface area contributed by atoms with Crippen LogP contribution in [-0.2, 0) is 4.79 Å². The summed E-state index contributed by atoms with van der Waals surface area (Å²) < 4.78 is 5.31. The number of Topliss-reactive ketones (excluding diaryl/α,β-unsaturated/α-hetero) is 1. The van der Waals surface area contributed by atoms with Gasteiger partial charge in [-0.1, -0.05) is 47.5 Å². The molecule has 32 heavy (non-hydrogen) atoms. The summed E-state index contributed by atoms with van der Waals surface area (Å²) in [6.45, 7) is 0. The van der Waals surface area contributed by atoms with Crippen molar-refractivity contribution in [3.63, 3.8) is 0 Å². The standard InChI is InChI=1S/C26H22Cl2N2O2/c1-32-20-9-4-16(5-10-20)26-25-23(29-22-14-19(28)8-11-21(22)30-26)12-17(13-24(25)31)15-2-6-18(27)7-3-15/h2-11,14,17,26,29-30H,12-13H2,1H3/t17-,26+/m0/s1. The van der Waals surface area contributed by atoms with E-state index >= 15 is 0 Å². The number of carbonyl (C=O) groups is 1. The first-order valence-electron chi connectivity index (χ1n) is 10.5. The number of methoxy groups -OCH3 is 1. The SMILES string of the molecule is COc1ccc([C@H]2Nc3ccc(Cl)cc3NC3=C2C(=O)C[C@@H](c2ccc(Cl)cc2)C3)cc1. The first-order chi connectivity index (χ1) is 15.5. The summed E-state index contributed by atoms with van der Waals surface area (Å²) in [7, 11) is 1.64. The molecule has 0 radical (unpaired) electrons. The molecule has 1 heterocycles. The maximum atomic E-state index is 13.5. The van der Waals surface area contributed by atoms with E-state index in [0.29, 0.717) is 16.5 Å². The molecular weight excluding hydrogens is 443 g/mol. The number of nitrogens with one attached hydrogen (secondary N) is 2. The third kappa shape index (κ3) is 3.96. The zero-order chi connectivity index (χ0) is 22.2. The van der Waals surface area contributed by atoms with Gasteiger partial charge in [0.25, 0.3) is 0 Å². The van der Waals surface area contributed by atoms with Gasteiger partial charge >= 0.3 is 0 Å². The zero-order valence-corrected chi connectivity index (χ0v) is 19.0. The summed E-state index contributed by atoms with van der Waals surface area (Å²) in [5, 5.41) is 8.43. The quantitative estimate of drug-likeness (QED) is 0.438. The van der Waals surface area contributed by atoms with E-state index in [4.69, 9.17) is 27.9 Å². The Morgan fingerprint density at radius 2 is 1.53 bits per heavy atom. The molecule has 0 amide bonds. The molecule has 0 unspecified atom stereocenters. The van der Waals surface area contributed by atoms with Crippen LogP contribution in [-0.4, -0.2) is 12.9 Å². The van der Waals surface area contributed by atoms with Crippen molar-refractivity contribution in [2.45, 2.75) is 24.8 Å². The van der Waals surface area contributed by atoms with E-state index in [0.717, 1.165) is 45.9 Å². The van der Waals surface area contributed by atoms with E-state index in [1.54, 1.807) is 7.11 Å². The molecule has 4 nitrogen and oxygen atoms in total. The van der Waals surface area contributed by atoms with Gasteiger partial charge in [0.05, 0.1) is 24.5 Å². The molecule has 0 fully saturated rings. The van der Waals surface area contributed by atoms with Crippen LogP contribution < -0.4 is 15.4 Å². The molecule has 3 aromatic rings. The first-order valence-corrected chi connectivity index (χ1v) is 11.3. The van der Waals surface area contributed by atoms with E-state index in [1.165, 1.54) is 0 Å². The smallest absolute Gasteiger partial charge is 0.163 e. The summed E-state index contributed by atoms with van der Waals surface area (Å²) in [5.74, 6) is 0.994. The summed E-state index contributed by atoms with van der Waals surface area (Å²) >= 11 is 12.4. The average molecular weight is 465 g/mol. The molecule has 0 spiro atoms. The Kier molecular flexibility index (Phi) is 5.58. The molecule has 5 rings (SSSR count). The maximum absolute atomic E-state index is 13.5. The van der Waals surface area contributed by atoms with Crippen molar-refractivity contribution in [1.82, 2.24) is 0 Å². The number of hydrogen-bond acceptors (Lipinski definition) is 4. The van der Waals surface area contributed by atoms with Gasteiger partial charge in [-0.2, -0.15) is 0 Å². The number of rotatable bonds is 3. The van der Waals surface area contributed by atoms with Crippen LogP contribution in [0.15, 0.2) is 78.0 Å². The molecule has 3 aromatic carbocycles. The van der Waals surface area contributed by atoms with Gasteiger partial charge in [0.2, 0.25) is 0 Å². The van der Waals surface area contributed by atoms with Crippen LogP contribution >= 0.6 is 23.2 Å². The van der Waals surface area contributed by atoms with Crippen molar-refractivity contribution in [1.29, 1.82) is 0 Å². The van der Waals surface area contributed by atoms with Gasteiger partial charge in [-0.3, -0.25) is 4.79 Å². The highest BCUT2D eigenvalue weighted by atomic mass is 35.5. The van der Waals surface area contributed by atoms with Crippen molar-refractivity contribution >= 4 is 40.4 Å². The van der Waals surface area contributed by atoms with Gasteiger partial charge in [-0.05, 0) is 65.9 Å². The van der Waals surface area contributed by atoms with E-state index in [-0.39, 0.29) is 17.7 Å². The molecule has 162 valence electrons. The topological polar surface area (TPSA) is 50.4 Å². The second kappa shape index (κ2) is 8.53. The predicted molar refractivity (Wildman–Crippen MR) is 130 cm³/mol. The predicted octanol–water partition coefficient (Wildman–Crippen LogP) is 6.98. The molecule has 0 saturated carbocycles. The Labute approximate surface area is 197 Å². The third-order valence-corrected chi connectivity index (χ3v) is 6.64. The minimum absolute atomic E-state index is 0.0864. The zero-order valence-electron chi connectivity index (χ0n) is 17.5. The van der Waals surface area contributed by atoms with Gasteiger partial charge in [0.15, 0.2) is 5.78 Å². The lowest BCUT2D eigenvalue weighted by Gasteiger charge is -2.30. The van der Waals surface area contributed by atoms with Crippen LogP contribution in [0, 0.1) is 0 Å². The molecule has 2 atom stereocenters. The molecule has 2 N–H and O–H groups in total. The van der Waals surface area contributed by atoms with Crippen LogP contribution in [0.1, 0.15) is 35.9 Å². The average Bonchev–Trinajstić information content (AvgIpc) is 2.96. The lowest BCUT2D eigenvalue weighted by Crippen LogP contribution is -2.26. The normalized spacial score (nSPS) is 19.9. The van der Waals surface area contributed by atoms with Gasteiger partial charge in [-0.25, -0.2) is 0 Å². The van der Waals surface area contributed by atoms with Crippen molar-refractivity contribution < 1.29 is 9.53 Å². The van der Waals surface area contributed by atoms with Crippen molar-refractivity contribution in [3.8, 4) is 5.75 Å². The second-order valence-electron chi connectivity index (χ2n) is 8.14. The van der Waals surface area contributed by atoms with Gasteiger partial charge in [0.1, 0.15) is 5.75 Å². The summed E-state index contributed by atoms with van der Waals surface area (Å²) in [4.78, 5) is 13.5.